The van der Waals surface area contributed by atoms with E-state index < -0.39 is 0 Å². The average molecular weight is 361 g/mol. The molecule has 1 aromatic rings. The number of urea groups is 1. The highest BCUT2D eigenvalue weighted by Gasteiger charge is 2.27. The Morgan fingerprint density at radius 1 is 1.27 bits per heavy atom. The second-order valence-corrected chi connectivity index (χ2v) is 5.80. The number of nitrogens with one attached hydrogen (secondary N) is 3. The number of anilines is 1. The molecule has 0 radical (unpaired) electrons. The molecule has 3 N–H and O–H groups in total. The maximum Gasteiger partial charge on any atom is 0.324 e. The van der Waals surface area contributed by atoms with E-state index in [-0.39, 0.29) is 25.0 Å². The largest absolute Gasteiger partial charge is 0.490 e. The second-order valence-electron chi connectivity index (χ2n) is 5.80. The molecule has 0 unspecified atom stereocenters. The Balaban J connectivity index is 1.63. The Morgan fingerprint density at radius 3 is 2.81 bits per heavy atom. The quantitative estimate of drug-likeness (QED) is 0.407. The number of hydrogen-bond acceptors (Lipinski definition) is 5. The van der Waals surface area contributed by atoms with Crippen LogP contribution in [0.1, 0.15) is 13.3 Å². The Hall–Kier alpha value is -2.97. The summed E-state index contributed by atoms with van der Waals surface area (Å²) in [7, 11) is 0. The molecule has 26 heavy (non-hydrogen) atoms. The highest BCUT2D eigenvalue weighted by molar-refractivity contribution is 6.02. The minimum absolute atomic E-state index is 0.0536. The Morgan fingerprint density at radius 2 is 2.08 bits per heavy atom. The third kappa shape index (κ3) is 4.35. The fraction of sp³-hybridized carbons (Fsp3) is 0.471. The first-order valence-electron chi connectivity index (χ1n) is 8.70. The molecule has 3 rings (SSSR count). The fourth-order valence-electron chi connectivity index (χ4n) is 2.63. The molecule has 2 heterocycles. The van der Waals surface area contributed by atoms with Gasteiger partial charge < -0.3 is 25.4 Å². The number of hydrogen-bond donors (Lipinski definition) is 3. The van der Waals surface area contributed by atoms with Gasteiger partial charge in [0, 0.05) is 24.7 Å². The van der Waals surface area contributed by atoms with Crippen LogP contribution in [0.3, 0.4) is 0 Å². The minimum Gasteiger partial charge on any atom is -0.490 e. The number of ether oxygens (including phenoxy) is 2. The molecule has 0 atom stereocenters. The van der Waals surface area contributed by atoms with E-state index in [1.54, 1.807) is 0 Å². The molecule has 0 aliphatic carbocycles. The van der Waals surface area contributed by atoms with Crippen LogP contribution in [0, 0.1) is 0 Å². The number of amides is 3. The van der Waals surface area contributed by atoms with Gasteiger partial charge in [-0.3, -0.25) is 14.7 Å². The summed E-state index contributed by atoms with van der Waals surface area (Å²) in [6, 6.07) is 5.24. The van der Waals surface area contributed by atoms with Gasteiger partial charge in [0.05, 0.1) is 32.8 Å². The van der Waals surface area contributed by atoms with Crippen molar-refractivity contribution in [2.75, 3.05) is 44.7 Å². The predicted octanol–water partition coefficient (Wildman–Crippen LogP) is 0.777. The smallest absolute Gasteiger partial charge is 0.324 e. The van der Waals surface area contributed by atoms with Gasteiger partial charge in [-0.25, -0.2) is 4.79 Å². The molecule has 2 aliphatic rings. The molecule has 9 nitrogen and oxygen atoms in total. The SMILES string of the molecule is CCNC(=NCCN1C(=O)CNC1=O)Nc1ccc2c(c1)OCCCO2. The number of carbonyl (C=O) groups excluding carboxylic acids is 2. The molecular formula is C17H23N5O4. The lowest BCUT2D eigenvalue weighted by Gasteiger charge is -2.15. The van der Waals surface area contributed by atoms with E-state index in [1.807, 2.05) is 25.1 Å². The monoisotopic (exact) mass is 361 g/mol. The molecule has 1 saturated heterocycles. The van der Waals surface area contributed by atoms with Gasteiger partial charge in [-0.2, -0.15) is 0 Å². The molecule has 0 saturated carbocycles. The molecule has 0 aromatic heterocycles. The second kappa shape index (κ2) is 8.41. The normalized spacial score (nSPS) is 17.0. The first kappa shape index (κ1) is 17.8. The Kier molecular flexibility index (Phi) is 5.77. The number of nitrogens with zero attached hydrogens (tertiary/aromatic N) is 2. The maximum atomic E-state index is 11.6. The Labute approximate surface area is 151 Å². The highest BCUT2D eigenvalue weighted by atomic mass is 16.5. The van der Waals surface area contributed by atoms with Crippen molar-refractivity contribution >= 4 is 23.6 Å². The van der Waals surface area contributed by atoms with E-state index in [4.69, 9.17) is 9.47 Å². The summed E-state index contributed by atoms with van der Waals surface area (Å²) >= 11 is 0. The fourth-order valence-corrected chi connectivity index (χ4v) is 2.63. The first-order chi connectivity index (χ1) is 12.7. The third-order valence-corrected chi connectivity index (χ3v) is 3.89. The first-order valence-corrected chi connectivity index (χ1v) is 8.70. The van der Waals surface area contributed by atoms with Crippen LogP contribution >= 0.6 is 0 Å². The summed E-state index contributed by atoms with van der Waals surface area (Å²) in [5, 5.41) is 8.82. The van der Waals surface area contributed by atoms with Gasteiger partial charge in [0.25, 0.3) is 0 Å². The van der Waals surface area contributed by atoms with E-state index in [9.17, 15) is 9.59 Å². The summed E-state index contributed by atoms with van der Waals surface area (Å²) in [6.07, 6.45) is 0.852. The summed E-state index contributed by atoms with van der Waals surface area (Å²) in [5.74, 6) is 1.76. The van der Waals surface area contributed by atoms with Crippen LogP contribution in [-0.2, 0) is 4.79 Å². The summed E-state index contributed by atoms with van der Waals surface area (Å²) in [6.45, 7) is 4.50. The van der Waals surface area contributed by atoms with E-state index in [0.717, 1.165) is 17.9 Å². The molecule has 140 valence electrons. The van der Waals surface area contributed by atoms with Gasteiger partial charge in [0.1, 0.15) is 0 Å². The third-order valence-electron chi connectivity index (χ3n) is 3.89. The molecular weight excluding hydrogens is 338 g/mol. The number of fused-ring (bicyclic) bond motifs is 1. The molecule has 0 spiro atoms. The summed E-state index contributed by atoms with van der Waals surface area (Å²) in [5.41, 5.74) is 0.809. The lowest BCUT2D eigenvalue weighted by atomic mass is 10.3. The van der Waals surface area contributed by atoms with Gasteiger partial charge in [0.2, 0.25) is 5.91 Å². The van der Waals surface area contributed by atoms with Gasteiger partial charge >= 0.3 is 6.03 Å². The molecule has 9 heteroatoms. The van der Waals surface area contributed by atoms with Gasteiger partial charge in [-0.15, -0.1) is 0 Å². The maximum absolute atomic E-state index is 11.6. The van der Waals surface area contributed by atoms with Crippen molar-refractivity contribution in [2.45, 2.75) is 13.3 Å². The van der Waals surface area contributed by atoms with Crippen LogP contribution in [0.25, 0.3) is 0 Å². The van der Waals surface area contributed by atoms with Crippen LogP contribution in [0.2, 0.25) is 0 Å². The van der Waals surface area contributed by atoms with Crippen LogP contribution in [0.15, 0.2) is 23.2 Å². The average Bonchev–Trinajstić information content (AvgIpc) is 2.83. The van der Waals surface area contributed by atoms with Crippen molar-refractivity contribution < 1.29 is 19.1 Å². The van der Waals surface area contributed by atoms with Crippen LogP contribution in [-0.4, -0.2) is 62.2 Å². The van der Waals surface area contributed by atoms with E-state index in [2.05, 4.69) is 20.9 Å². The lowest BCUT2D eigenvalue weighted by molar-refractivity contribution is -0.124. The van der Waals surface area contributed by atoms with Crippen molar-refractivity contribution in [3.8, 4) is 11.5 Å². The van der Waals surface area contributed by atoms with E-state index in [1.165, 1.54) is 4.90 Å². The zero-order chi connectivity index (χ0) is 18.4. The number of imide groups is 1. The highest BCUT2D eigenvalue weighted by Crippen LogP contribution is 2.32. The number of rotatable bonds is 5. The molecule has 2 aliphatic heterocycles. The molecule has 1 aromatic carbocycles. The molecule has 1 fully saturated rings. The number of carbonyl (C=O) groups is 2. The summed E-state index contributed by atoms with van der Waals surface area (Å²) < 4.78 is 11.3. The summed E-state index contributed by atoms with van der Waals surface area (Å²) in [4.78, 5) is 28.7. The van der Waals surface area contributed by atoms with Crippen molar-refractivity contribution in [1.82, 2.24) is 15.5 Å². The van der Waals surface area contributed by atoms with Gasteiger partial charge in [0.15, 0.2) is 17.5 Å². The van der Waals surface area contributed by atoms with Crippen molar-refractivity contribution in [3.63, 3.8) is 0 Å². The Bertz CT molecular complexity index is 690. The molecule has 0 bridgehead atoms. The number of guanidine groups is 1. The van der Waals surface area contributed by atoms with Gasteiger partial charge in [-0.1, -0.05) is 0 Å². The topological polar surface area (TPSA) is 104 Å². The van der Waals surface area contributed by atoms with Gasteiger partial charge in [-0.05, 0) is 19.1 Å². The van der Waals surface area contributed by atoms with Crippen LogP contribution < -0.4 is 25.4 Å². The van der Waals surface area contributed by atoms with E-state index >= 15 is 0 Å². The molecule has 3 amide bonds. The standard InChI is InChI=1S/C17H23N5O4/c1-2-18-16(19-6-7-22-15(23)11-20-17(22)24)21-12-4-5-13-14(10-12)26-9-3-8-25-13/h4-5,10H,2-3,6-9,11H2,1H3,(H,20,24)(H2,18,19,21). The van der Waals surface area contributed by atoms with E-state index in [0.29, 0.717) is 38.0 Å². The zero-order valence-electron chi connectivity index (χ0n) is 14.7. The predicted molar refractivity (Wildman–Crippen MR) is 96.8 cm³/mol. The number of aliphatic imine (C=N–C) groups is 1. The van der Waals surface area contributed by atoms with Crippen molar-refractivity contribution in [2.24, 2.45) is 4.99 Å². The lowest BCUT2D eigenvalue weighted by Crippen LogP contribution is -2.35. The van der Waals surface area contributed by atoms with Crippen molar-refractivity contribution in [3.05, 3.63) is 18.2 Å². The van der Waals surface area contributed by atoms with Crippen LogP contribution in [0.5, 0.6) is 11.5 Å². The zero-order valence-corrected chi connectivity index (χ0v) is 14.7. The van der Waals surface area contributed by atoms with Crippen LogP contribution in [0.4, 0.5) is 10.5 Å². The number of benzene rings is 1. The van der Waals surface area contributed by atoms with Crippen molar-refractivity contribution in [1.29, 1.82) is 0 Å². The minimum atomic E-state index is -0.369.